The van der Waals surface area contributed by atoms with E-state index >= 15 is 0 Å². The molecule has 0 fully saturated rings. The van der Waals surface area contributed by atoms with Crippen molar-refractivity contribution in [3.63, 3.8) is 0 Å². The zero-order valence-corrected chi connectivity index (χ0v) is 9.61. The van der Waals surface area contributed by atoms with E-state index < -0.39 is 11.7 Å². The molecule has 18 heavy (non-hydrogen) atoms. The Kier molecular flexibility index (Phi) is 3.22. The van der Waals surface area contributed by atoms with Gasteiger partial charge in [0.1, 0.15) is 11.5 Å². The van der Waals surface area contributed by atoms with Crippen molar-refractivity contribution in [3.8, 4) is 0 Å². The van der Waals surface area contributed by atoms with Crippen LogP contribution >= 0.6 is 0 Å². The van der Waals surface area contributed by atoms with Crippen LogP contribution in [-0.2, 0) is 6.54 Å². The highest BCUT2D eigenvalue weighted by atomic mass is 19.1. The lowest BCUT2D eigenvalue weighted by Gasteiger charge is -2.04. The van der Waals surface area contributed by atoms with Crippen molar-refractivity contribution in [2.75, 3.05) is 5.73 Å². The number of rotatable bonds is 3. The minimum atomic E-state index is -0.827. The molecule has 0 bridgehead atoms. The minimum absolute atomic E-state index is 0.150. The molecule has 3 N–H and O–H groups in total. The van der Waals surface area contributed by atoms with Crippen LogP contribution in [0, 0.1) is 12.7 Å². The maximum atomic E-state index is 13.5. The number of anilines is 1. The Balaban J connectivity index is 2.06. The standard InChI is InChI=1S/C11H11FN4O2/c1-6-4-7(16-18-6)5-15-11(17)8-2-3-14-10(13)9(8)12/h2-4H,5H2,1H3,(H2,13,14)(H,15,17). The normalized spacial score (nSPS) is 10.3. The summed E-state index contributed by atoms with van der Waals surface area (Å²) >= 11 is 0. The molecule has 0 aromatic carbocycles. The molecular formula is C11H11FN4O2. The number of pyridine rings is 1. The molecule has 2 rings (SSSR count). The highest BCUT2D eigenvalue weighted by molar-refractivity contribution is 5.94. The third-order valence-corrected chi connectivity index (χ3v) is 2.27. The maximum Gasteiger partial charge on any atom is 0.254 e. The van der Waals surface area contributed by atoms with Crippen molar-refractivity contribution >= 4 is 11.7 Å². The van der Waals surface area contributed by atoms with Crippen LogP contribution in [0.3, 0.4) is 0 Å². The molecule has 0 radical (unpaired) electrons. The van der Waals surface area contributed by atoms with Crippen LogP contribution in [0.5, 0.6) is 0 Å². The number of nitrogens with two attached hydrogens (primary N) is 1. The van der Waals surface area contributed by atoms with E-state index in [0.29, 0.717) is 11.5 Å². The summed E-state index contributed by atoms with van der Waals surface area (Å²) in [6.07, 6.45) is 1.27. The van der Waals surface area contributed by atoms with E-state index in [9.17, 15) is 9.18 Å². The topological polar surface area (TPSA) is 94.0 Å². The molecule has 2 aromatic heterocycles. The fourth-order valence-electron chi connectivity index (χ4n) is 1.40. The second kappa shape index (κ2) is 4.82. The number of hydrogen-bond donors (Lipinski definition) is 2. The van der Waals surface area contributed by atoms with Gasteiger partial charge in [-0.25, -0.2) is 9.37 Å². The molecule has 0 atom stereocenters. The molecule has 0 aliphatic rings. The lowest BCUT2D eigenvalue weighted by atomic mass is 10.2. The van der Waals surface area contributed by atoms with Gasteiger partial charge in [0, 0.05) is 12.3 Å². The van der Waals surface area contributed by atoms with Crippen molar-refractivity contribution in [2.24, 2.45) is 0 Å². The zero-order chi connectivity index (χ0) is 13.1. The summed E-state index contributed by atoms with van der Waals surface area (Å²) in [6, 6.07) is 2.94. The first-order valence-electron chi connectivity index (χ1n) is 5.18. The van der Waals surface area contributed by atoms with Crippen molar-refractivity contribution in [1.82, 2.24) is 15.5 Å². The van der Waals surface area contributed by atoms with Crippen molar-refractivity contribution < 1.29 is 13.7 Å². The van der Waals surface area contributed by atoms with Gasteiger partial charge in [-0.2, -0.15) is 0 Å². The number of aryl methyl sites for hydroxylation is 1. The number of nitrogen functional groups attached to an aromatic ring is 1. The van der Waals surface area contributed by atoms with E-state index in [4.69, 9.17) is 10.3 Å². The summed E-state index contributed by atoms with van der Waals surface area (Å²) in [5.41, 5.74) is 5.68. The molecule has 0 spiro atoms. The lowest BCUT2D eigenvalue weighted by Crippen LogP contribution is -2.24. The number of aromatic nitrogens is 2. The quantitative estimate of drug-likeness (QED) is 0.848. The van der Waals surface area contributed by atoms with Gasteiger partial charge in [0.05, 0.1) is 12.1 Å². The predicted octanol–water partition coefficient (Wildman–Crippen LogP) is 1.03. The number of nitrogens with zero attached hydrogens (tertiary/aromatic N) is 2. The Morgan fingerprint density at radius 2 is 2.39 bits per heavy atom. The molecule has 0 saturated carbocycles. The van der Waals surface area contributed by atoms with E-state index in [0.717, 1.165) is 0 Å². The van der Waals surface area contributed by atoms with Gasteiger partial charge in [0.15, 0.2) is 11.6 Å². The number of halogens is 1. The molecule has 0 saturated heterocycles. The van der Waals surface area contributed by atoms with Crippen LogP contribution < -0.4 is 11.1 Å². The zero-order valence-electron chi connectivity index (χ0n) is 9.61. The van der Waals surface area contributed by atoms with Crippen LogP contribution in [0.25, 0.3) is 0 Å². The molecule has 0 aliphatic heterocycles. The average molecular weight is 250 g/mol. The first-order chi connectivity index (χ1) is 8.58. The number of nitrogens with one attached hydrogen (secondary N) is 1. The molecule has 6 nitrogen and oxygen atoms in total. The first-order valence-corrected chi connectivity index (χ1v) is 5.18. The summed E-state index contributed by atoms with van der Waals surface area (Å²) in [5, 5.41) is 6.21. The largest absolute Gasteiger partial charge is 0.381 e. The highest BCUT2D eigenvalue weighted by Gasteiger charge is 2.14. The minimum Gasteiger partial charge on any atom is -0.381 e. The molecule has 94 valence electrons. The van der Waals surface area contributed by atoms with Crippen molar-refractivity contribution in [2.45, 2.75) is 13.5 Å². The summed E-state index contributed by atoms with van der Waals surface area (Å²) in [4.78, 5) is 15.2. The molecule has 0 unspecified atom stereocenters. The Labute approximate surface area is 102 Å². The molecule has 2 aromatic rings. The van der Waals surface area contributed by atoms with Crippen LogP contribution in [0.1, 0.15) is 21.8 Å². The van der Waals surface area contributed by atoms with Gasteiger partial charge in [0.2, 0.25) is 0 Å². The Morgan fingerprint density at radius 1 is 1.61 bits per heavy atom. The second-order valence-electron chi connectivity index (χ2n) is 3.67. The van der Waals surface area contributed by atoms with E-state index in [1.165, 1.54) is 12.3 Å². The molecule has 2 heterocycles. The van der Waals surface area contributed by atoms with Crippen LogP contribution in [0.2, 0.25) is 0 Å². The summed E-state index contributed by atoms with van der Waals surface area (Å²) in [7, 11) is 0. The smallest absolute Gasteiger partial charge is 0.254 e. The third-order valence-electron chi connectivity index (χ3n) is 2.27. The monoisotopic (exact) mass is 250 g/mol. The Bertz CT molecular complexity index is 582. The van der Waals surface area contributed by atoms with Gasteiger partial charge < -0.3 is 15.6 Å². The summed E-state index contributed by atoms with van der Waals surface area (Å²) < 4.78 is 18.3. The molecule has 1 amide bonds. The van der Waals surface area contributed by atoms with E-state index in [2.05, 4.69) is 15.5 Å². The summed E-state index contributed by atoms with van der Waals surface area (Å²) in [6.45, 7) is 1.89. The number of amides is 1. The molecule has 0 aliphatic carbocycles. The average Bonchev–Trinajstić information content (AvgIpc) is 2.76. The summed E-state index contributed by atoms with van der Waals surface area (Å²) in [5.74, 6) is -1.08. The van der Waals surface area contributed by atoms with Gasteiger partial charge in [-0.05, 0) is 13.0 Å². The van der Waals surface area contributed by atoms with E-state index in [-0.39, 0.29) is 17.9 Å². The van der Waals surface area contributed by atoms with Crippen LogP contribution in [0.4, 0.5) is 10.2 Å². The van der Waals surface area contributed by atoms with E-state index in [1.54, 1.807) is 13.0 Å². The van der Waals surface area contributed by atoms with Crippen molar-refractivity contribution in [3.05, 3.63) is 41.2 Å². The predicted molar refractivity (Wildman–Crippen MR) is 61.0 cm³/mol. The number of hydrogen-bond acceptors (Lipinski definition) is 5. The first kappa shape index (κ1) is 12.0. The highest BCUT2D eigenvalue weighted by Crippen LogP contribution is 2.11. The van der Waals surface area contributed by atoms with Crippen molar-refractivity contribution in [1.29, 1.82) is 0 Å². The molecule has 7 heteroatoms. The molecular weight excluding hydrogens is 239 g/mol. The third kappa shape index (κ3) is 2.45. The van der Waals surface area contributed by atoms with Gasteiger partial charge in [-0.3, -0.25) is 4.79 Å². The van der Waals surface area contributed by atoms with Gasteiger partial charge in [-0.15, -0.1) is 0 Å². The number of carbonyl (C=O) groups is 1. The van der Waals surface area contributed by atoms with Crippen LogP contribution in [0.15, 0.2) is 22.9 Å². The Hall–Kier alpha value is -2.44. The fraction of sp³-hybridized carbons (Fsp3) is 0.182. The van der Waals surface area contributed by atoms with Gasteiger partial charge in [-0.1, -0.05) is 5.16 Å². The van der Waals surface area contributed by atoms with Gasteiger partial charge >= 0.3 is 0 Å². The number of carbonyl (C=O) groups excluding carboxylic acids is 1. The van der Waals surface area contributed by atoms with E-state index in [1.807, 2.05) is 0 Å². The maximum absolute atomic E-state index is 13.5. The van der Waals surface area contributed by atoms with Gasteiger partial charge in [0.25, 0.3) is 5.91 Å². The fourth-order valence-corrected chi connectivity index (χ4v) is 1.40. The van der Waals surface area contributed by atoms with Crippen LogP contribution in [-0.4, -0.2) is 16.0 Å². The Morgan fingerprint density at radius 3 is 3.06 bits per heavy atom. The second-order valence-corrected chi connectivity index (χ2v) is 3.67. The SMILES string of the molecule is Cc1cc(CNC(=O)c2ccnc(N)c2F)no1. The lowest BCUT2D eigenvalue weighted by molar-refractivity contribution is 0.0946.